The number of thioether (sulfide) groups is 1. The summed E-state index contributed by atoms with van der Waals surface area (Å²) in [4.78, 5) is 12.1. The van der Waals surface area contributed by atoms with E-state index in [4.69, 9.17) is 9.68 Å². The Bertz CT molecular complexity index is 927. The molecule has 0 aliphatic rings. The molecule has 1 amide bonds. The third-order valence-corrected chi connectivity index (χ3v) is 4.58. The molecule has 0 radical (unpaired) electrons. The zero-order chi connectivity index (χ0) is 18.4. The Morgan fingerprint density at radius 3 is 2.96 bits per heavy atom. The lowest BCUT2D eigenvalue weighted by atomic mass is 10.2. The number of anilines is 1. The van der Waals surface area contributed by atoms with Gasteiger partial charge in [0.15, 0.2) is 16.7 Å². The van der Waals surface area contributed by atoms with E-state index in [1.165, 1.54) is 11.8 Å². The van der Waals surface area contributed by atoms with Crippen molar-refractivity contribution in [2.75, 3.05) is 11.1 Å². The van der Waals surface area contributed by atoms with Gasteiger partial charge in [0, 0.05) is 24.4 Å². The highest BCUT2D eigenvalue weighted by atomic mass is 32.2. The Hall–Kier alpha value is -3.05. The van der Waals surface area contributed by atoms with Crippen LogP contribution in [0, 0.1) is 11.3 Å². The van der Waals surface area contributed by atoms with Gasteiger partial charge in [-0.1, -0.05) is 17.8 Å². The largest absolute Gasteiger partial charge is 0.461 e. The molecule has 0 saturated carbocycles. The summed E-state index contributed by atoms with van der Waals surface area (Å²) in [5.74, 6) is 1.81. The molecule has 0 aliphatic carbocycles. The first-order chi connectivity index (χ1) is 12.7. The first kappa shape index (κ1) is 17.8. The number of nitriles is 1. The number of carbonyl (C=O) groups is 1. The maximum absolute atomic E-state index is 12.1. The highest BCUT2D eigenvalue weighted by Crippen LogP contribution is 2.24. The molecule has 2 aromatic heterocycles. The van der Waals surface area contributed by atoms with E-state index < -0.39 is 0 Å². The van der Waals surface area contributed by atoms with Crippen molar-refractivity contribution < 1.29 is 9.21 Å². The van der Waals surface area contributed by atoms with Gasteiger partial charge in [0.1, 0.15) is 0 Å². The summed E-state index contributed by atoms with van der Waals surface area (Å²) in [6, 6.07) is 12.5. The fraction of sp³-hybridized carbons (Fsp3) is 0.222. The number of benzene rings is 1. The van der Waals surface area contributed by atoms with E-state index in [1.807, 2.05) is 23.6 Å². The Kier molecular flexibility index (Phi) is 5.71. The van der Waals surface area contributed by atoms with E-state index >= 15 is 0 Å². The van der Waals surface area contributed by atoms with E-state index in [0.29, 0.717) is 41.6 Å². The predicted molar refractivity (Wildman–Crippen MR) is 98.5 cm³/mol. The monoisotopic (exact) mass is 367 g/mol. The van der Waals surface area contributed by atoms with E-state index in [9.17, 15) is 4.79 Å². The Morgan fingerprint density at radius 2 is 2.23 bits per heavy atom. The number of nitrogens with one attached hydrogen (secondary N) is 1. The molecule has 3 rings (SSSR count). The van der Waals surface area contributed by atoms with Crippen LogP contribution in [-0.4, -0.2) is 26.4 Å². The van der Waals surface area contributed by atoms with E-state index in [1.54, 1.807) is 30.5 Å². The lowest BCUT2D eigenvalue weighted by Crippen LogP contribution is -2.12. The number of amides is 1. The Balaban J connectivity index is 1.56. The van der Waals surface area contributed by atoms with Crippen LogP contribution in [0.25, 0.3) is 11.6 Å². The summed E-state index contributed by atoms with van der Waals surface area (Å²) in [7, 11) is 0. The Morgan fingerprint density at radius 1 is 1.35 bits per heavy atom. The first-order valence-electron chi connectivity index (χ1n) is 8.11. The number of hydrogen-bond acceptors (Lipinski definition) is 6. The van der Waals surface area contributed by atoms with Crippen molar-refractivity contribution in [2.24, 2.45) is 0 Å². The van der Waals surface area contributed by atoms with Gasteiger partial charge in [0.2, 0.25) is 5.91 Å². The van der Waals surface area contributed by atoms with Crippen molar-refractivity contribution in [1.29, 1.82) is 5.26 Å². The van der Waals surface area contributed by atoms with Gasteiger partial charge >= 0.3 is 0 Å². The Labute approximate surface area is 155 Å². The molecule has 0 atom stereocenters. The van der Waals surface area contributed by atoms with Gasteiger partial charge in [-0.15, -0.1) is 10.2 Å². The van der Waals surface area contributed by atoms with E-state index in [-0.39, 0.29) is 5.91 Å². The van der Waals surface area contributed by atoms with Gasteiger partial charge in [-0.2, -0.15) is 5.26 Å². The van der Waals surface area contributed by atoms with Crippen molar-refractivity contribution >= 4 is 23.4 Å². The average molecular weight is 367 g/mol. The quantitative estimate of drug-likeness (QED) is 0.642. The van der Waals surface area contributed by atoms with Crippen molar-refractivity contribution in [3.05, 3.63) is 48.2 Å². The number of furan rings is 1. The molecule has 0 spiro atoms. The molecule has 0 aliphatic heterocycles. The van der Waals surface area contributed by atoms with Gasteiger partial charge < -0.3 is 9.73 Å². The third-order valence-electron chi connectivity index (χ3n) is 3.61. The molecule has 132 valence electrons. The number of carbonyl (C=O) groups excluding carboxylic acids is 1. The van der Waals surface area contributed by atoms with E-state index in [2.05, 4.69) is 21.6 Å². The van der Waals surface area contributed by atoms with Gasteiger partial charge in [0.25, 0.3) is 0 Å². The number of aromatic nitrogens is 3. The third kappa shape index (κ3) is 4.13. The van der Waals surface area contributed by atoms with Crippen LogP contribution < -0.4 is 5.32 Å². The second-order valence-electron chi connectivity index (χ2n) is 5.37. The fourth-order valence-corrected chi connectivity index (χ4v) is 3.33. The second-order valence-corrected chi connectivity index (χ2v) is 6.43. The molecule has 8 heteroatoms. The van der Waals surface area contributed by atoms with Crippen LogP contribution in [-0.2, 0) is 11.3 Å². The topological polar surface area (TPSA) is 96.7 Å². The fourth-order valence-electron chi connectivity index (χ4n) is 2.39. The minimum absolute atomic E-state index is 0.110. The van der Waals surface area contributed by atoms with Crippen LogP contribution in [0.15, 0.2) is 52.2 Å². The zero-order valence-electron chi connectivity index (χ0n) is 14.2. The van der Waals surface area contributed by atoms with Crippen LogP contribution in [0.3, 0.4) is 0 Å². The van der Waals surface area contributed by atoms with Gasteiger partial charge in [-0.25, -0.2) is 0 Å². The highest BCUT2D eigenvalue weighted by molar-refractivity contribution is 7.99. The second kappa shape index (κ2) is 8.36. The molecule has 1 N–H and O–H groups in total. The molecule has 0 bridgehead atoms. The summed E-state index contributed by atoms with van der Waals surface area (Å²) in [5.41, 5.74) is 1.13. The van der Waals surface area contributed by atoms with Gasteiger partial charge in [-0.05, 0) is 37.3 Å². The van der Waals surface area contributed by atoms with Crippen LogP contribution in [0.4, 0.5) is 5.69 Å². The molecule has 0 unspecified atom stereocenters. The van der Waals surface area contributed by atoms with Crippen molar-refractivity contribution in [3.63, 3.8) is 0 Å². The van der Waals surface area contributed by atoms with Crippen LogP contribution in [0.2, 0.25) is 0 Å². The smallest absolute Gasteiger partial charge is 0.225 e. The highest BCUT2D eigenvalue weighted by Gasteiger charge is 2.15. The van der Waals surface area contributed by atoms with Crippen molar-refractivity contribution in [1.82, 2.24) is 14.8 Å². The first-order valence-corrected chi connectivity index (χ1v) is 9.09. The number of hydrogen-bond donors (Lipinski definition) is 1. The van der Waals surface area contributed by atoms with Crippen molar-refractivity contribution in [3.8, 4) is 17.7 Å². The summed E-state index contributed by atoms with van der Waals surface area (Å²) >= 11 is 1.47. The van der Waals surface area contributed by atoms with Crippen LogP contribution >= 0.6 is 11.8 Å². The van der Waals surface area contributed by atoms with Gasteiger partial charge in [0.05, 0.1) is 17.9 Å². The average Bonchev–Trinajstić information content (AvgIpc) is 3.31. The van der Waals surface area contributed by atoms with Crippen LogP contribution in [0.1, 0.15) is 18.9 Å². The van der Waals surface area contributed by atoms with Crippen molar-refractivity contribution in [2.45, 2.75) is 25.0 Å². The molecule has 3 aromatic rings. The van der Waals surface area contributed by atoms with E-state index in [0.717, 1.165) is 5.16 Å². The molecule has 0 fully saturated rings. The normalized spacial score (nSPS) is 10.5. The summed E-state index contributed by atoms with van der Waals surface area (Å²) in [6.07, 6.45) is 1.93. The molecular formula is C18H17N5O2S. The molecule has 1 aromatic carbocycles. The lowest BCUT2D eigenvalue weighted by Gasteiger charge is -2.07. The summed E-state index contributed by atoms with van der Waals surface area (Å²) < 4.78 is 7.34. The molecular weight excluding hydrogens is 350 g/mol. The maximum atomic E-state index is 12.1. The zero-order valence-corrected chi connectivity index (χ0v) is 15.0. The van der Waals surface area contributed by atoms with Crippen LogP contribution in [0.5, 0.6) is 0 Å². The lowest BCUT2D eigenvalue weighted by molar-refractivity contribution is -0.115. The standard InChI is InChI=1S/C18H17N5O2S/c1-2-23-17(15-7-4-9-25-15)21-22-18(23)26-10-8-16(24)20-14-6-3-5-13(11-14)12-19/h3-7,9,11H,2,8,10H2,1H3,(H,20,24). The molecule has 2 heterocycles. The minimum atomic E-state index is -0.110. The molecule has 0 saturated heterocycles. The predicted octanol–water partition coefficient (Wildman–Crippen LogP) is 3.55. The molecule has 26 heavy (non-hydrogen) atoms. The SMILES string of the molecule is CCn1c(SCCC(=O)Nc2cccc(C#N)c2)nnc1-c1ccco1. The minimum Gasteiger partial charge on any atom is -0.461 e. The molecule has 7 nitrogen and oxygen atoms in total. The number of nitrogens with zero attached hydrogens (tertiary/aromatic N) is 4. The summed E-state index contributed by atoms with van der Waals surface area (Å²) in [5, 5.41) is 20.8. The number of rotatable bonds is 7. The van der Waals surface area contributed by atoms with Gasteiger partial charge in [-0.3, -0.25) is 9.36 Å². The maximum Gasteiger partial charge on any atom is 0.225 e. The summed E-state index contributed by atoms with van der Waals surface area (Å²) in [6.45, 7) is 2.72.